The molecule has 0 spiro atoms. The molecule has 19 heavy (non-hydrogen) atoms. The van der Waals surface area contributed by atoms with Crippen molar-refractivity contribution in [2.24, 2.45) is 0 Å². The van der Waals surface area contributed by atoms with Crippen molar-refractivity contribution >= 4 is 27.0 Å². The third-order valence-electron chi connectivity index (χ3n) is 3.05. The van der Waals surface area contributed by atoms with Crippen LogP contribution >= 0.6 is 15.9 Å². The van der Waals surface area contributed by atoms with Crippen molar-refractivity contribution in [1.82, 2.24) is 9.55 Å². The molecule has 3 nitrogen and oxygen atoms in total. The highest BCUT2D eigenvalue weighted by Crippen LogP contribution is 2.25. The Kier molecular flexibility index (Phi) is 2.84. The maximum atomic E-state index is 9.30. The van der Waals surface area contributed by atoms with Gasteiger partial charge in [-0.3, -0.25) is 4.57 Å². The molecule has 3 aromatic rings. The highest BCUT2D eigenvalue weighted by molar-refractivity contribution is 9.10. The maximum absolute atomic E-state index is 9.30. The average molecular weight is 312 g/mol. The number of hydrogen-bond acceptors (Lipinski definition) is 2. The molecule has 0 aliphatic carbocycles. The van der Waals surface area contributed by atoms with Gasteiger partial charge in [0.1, 0.15) is 11.9 Å². The number of rotatable bonds is 1. The van der Waals surface area contributed by atoms with E-state index in [-0.39, 0.29) is 0 Å². The summed E-state index contributed by atoms with van der Waals surface area (Å²) in [6.45, 7) is 1.95. The van der Waals surface area contributed by atoms with E-state index >= 15 is 0 Å². The molecule has 0 atom stereocenters. The Hall–Kier alpha value is -2.12. The fourth-order valence-corrected chi connectivity index (χ4v) is 2.60. The summed E-state index contributed by atoms with van der Waals surface area (Å²) in [5, 5.41) is 9.30. The van der Waals surface area contributed by atoms with E-state index in [9.17, 15) is 5.26 Å². The van der Waals surface area contributed by atoms with Gasteiger partial charge in [0.15, 0.2) is 0 Å². The maximum Gasteiger partial charge on any atom is 0.111 e. The van der Waals surface area contributed by atoms with Gasteiger partial charge in [-0.1, -0.05) is 28.1 Å². The third kappa shape index (κ3) is 1.92. The summed E-state index contributed by atoms with van der Waals surface area (Å²) in [5.74, 6) is 0.875. The molecule has 2 aromatic carbocycles. The van der Waals surface area contributed by atoms with E-state index in [1.54, 1.807) is 0 Å². The molecule has 0 bridgehead atoms. The number of para-hydroxylation sites is 2. The molecular formula is C15H10BrN3. The Morgan fingerprint density at radius 1 is 1.21 bits per heavy atom. The lowest BCUT2D eigenvalue weighted by atomic mass is 10.2. The van der Waals surface area contributed by atoms with Crippen LogP contribution in [-0.2, 0) is 0 Å². The number of aryl methyl sites for hydroxylation is 1. The molecule has 0 aliphatic rings. The van der Waals surface area contributed by atoms with E-state index in [2.05, 4.69) is 27.0 Å². The number of halogens is 1. The molecular weight excluding hydrogens is 302 g/mol. The van der Waals surface area contributed by atoms with Crippen LogP contribution in [0.3, 0.4) is 0 Å². The minimum atomic E-state index is 0.626. The van der Waals surface area contributed by atoms with Crippen LogP contribution in [0.15, 0.2) is 46.9 Å². The molecule has 0 saturated heterocycles. The first-order valence-electron chi connectivity index (χ1n) is 5.85. The van der Waals surface area contributed by atoms with Crippen LogP contribution in [0.1, 0.15) is 11.4 Å². The van der Waals surface area contributed by atoms with E-state index in [0.717, 1.165) is 27.0 Å². The quantitative estimate of drug-likeness (QED) is 0.682. The van der Waals surface area contributed by atoms with Gasteiger partial charge in [0.25, 0.3) is 0 Å². The van der Waals surface area contributed by atoms with E-state index < -0.39 is 0 Å². The summed E-state index contributed by atoms with van der Waals surface area (Å²) < 4.78 is 2.91. The molecule has 0 aliphatic heterocycles. The van der Waals surface area contributed by atoms with Crippen molar-refractivity contribution in [1.29, 1.82) is 5.26 Å². The van der Waals surface area contributed by atoms with Gasteiger partial charge in [-0.05, 0) is 37.3 Å². The summed E-state index contributed by atoms with van der Waals surface area (Å²) in [7, 11) is 0. The first-order chi connectivity index (χ1) is 9.20. The second kappa shape index (κ2) is 4.52. The van der Waals surface area contributed by atoms with Crippen LogP contribution in [0.5, 0.6) is 0 Å². The van der Waals surface area contributed by atoms with Crippen molar-refractivity contribution in [3.05, 3.63) is 58.3 Å². The number of hydrogen-bond donors (Lipinski definition) is 0. The minimum absolute atomic E-state index is 0.626. The number of fused-ring (bicyclic) bond motifs is 1. The Morgan fingerprint density at radius 3 is 2.79 bits per heavy atom. The van der Waals surface area contributed by atoms with Gasteiger partial charge in [0.2, 0.25) is 0 Å². The highest BCUT2D eigenvalue weighted by atomic mass is 79.9. The number of benzene rings is 2. The van der Waals surface area contributed by atoms with Crippen LogP contribution in [0.4, 0.5) is 0 Å². The van der Waals surface area contributed by atoms with Crippen LogP contribution < -0.4 is 0 Å². The molecule has 0 radical (unpaired) electrons. The average Bonchev–Trinajstić information content (AvgIpc) is 2.74. The largest absolute Gasteiger partial charge is 0.295 e. The van der Waals surface area contributed by atoms with E-state index in [0.29, 0.717) is 5.56 Å². The highest BCUT2D eigenvalue weighted by Gasteiger charge is 2.12. The molecule has 1 heterocycles. The van der Waals surface area contributed by atoms with Gasteiger partial charge in [-0.2, -0.15) is 5.26 Å². The monoisotopic (exact) mass is 311 g/mol. The van der Waals surface area contributed by atoms with Crippen LogP contribution in [0.2, 0.25) is 0 Å². The van der Waals surface area contributed by atoms with Gasteiger partial charge in [-0.15, -0.1) is 0 Å². The summed E-state index contributed by atoms with van der Waals surface area (Å²) in [4.78, 5) is 4.53. The minimum Gasteiger partial charge on any atom is -0.295 e. The molecule has 0 saturated carbocycles. The lowest BCUT2D eigenvalue weighted by molar-refractivity contribution is 0.996. The summed E-state index contributed by atoms with van der Waals surface area (Å²) >= 11 is 3.39. The van der Waals surface area contributed by atoms with Crippen molar-refractivity contribution < 1.29 is 0 Å². The number of nitriles is 1. The lowest BCUT2D eigenvalue weighted by Crippen LogP contribution is -1.99. The molecule has 0 amide bonds. The van der Waals surface area contributed by atoms with E-state index in [1.807, 2.05) is 54.0 Å². The zero-order valence-corrected chi connectivity index (χ0v) is 11.8. The first kappa shape index (κ1) is 11.9. The fourth-order valence-electron chi connectivity index (χ4n) is 2.24. The zero-order chi connectivity index (χ0) is 13.4. The summed E-state index contributed by atoms with van der Waals surface area (Å²) in [6, 6.07) is 15.9. The Balaban J connectivity index is 2.37. The normalized spacial score (nSPS) is 10.6. The predicted octanol–water partition coefficient (Wildman–Crippen LogP) is 3.97. The van der Waals surface area contributed by atoms with Crippen molar-refractivity contribution in [2.45, 2.75) is 6.92 Å². The van der Waals surface area contributed by atoms with Crippen molar-refractivity contribution in [3.8, 4) is 11.8 Å². The Bertz CT molecular complexity index is 812. The second-order valence-electron chi connectivity index (χ2n) is 4.26. The lowest BCUT2D eigenvalue weighted by Gasteiger charge is -2.09. The van der Waals surface area contributed by atoms with Gasteiger partial charge >= 0.3 is 0 Å². The molecule has 0 N–H and O–H groups in total. The van der Waals surface area contributed by atoms with Crippen molar-refractivity contribution in [3.63, 3.8) is 0 Å². The van der Waals surface area contributed by atoms with E-state index in [4.69, 9.17) is 0 Å². The smallest absolute Gasteiger partial charge is 0.111 e. The summed E-state index contributed by atoms with van der Waals surface area (Å²) in [6.07, 6.45) is 0. The summed E-state index contributed by atoms with van der Waals surface area (Å²) in [5.41, 5.74) is 3.43. The first-order valence-corrected chi connectivity index (χ1v) is 6.64. The number of nitrogens with zero attached hydrogens (tertiary/aromatic N) is 3. The molecule has 92 valence electrons. The van der Waals surface area contributed by atoms with Gasteiger partial charge < -0.3 is 0 Å². The molecule has 0 unspecified atom stereocenters. The fraction of sp³-hybridized carbons (Fsp3) is 0.0667. The van der Waals surface area contributed by atoms with Gasteiger partial charge in [0.05, 0.1) is 22.3 Å². The van der Waals surface area contributed by atoms with Gasteiger partial charge in [-0.25, -0.2) is 4.98 Å². The standard InChI is InChI=1S/C15H10BrN3/c1-10-18-13-4-2-3-5-15(13)19(10)14-7-6-12(16)8-11(14)9-17/h2-8H,1H3. The van der Waals surface area contributed by atoms with Crippen LogP contribution in [0.25, 0.3) is 16.7 Å². The predicted molar refractivity (Wildman–Crippen MR) is 78.2 cm³/mol. The Labute approximate surface area is 119 Å². The molecule has 3 rings (SSSR count). The van der Waals surface area contributed by atoms with Crippen LogP contribution in [0, 0.1) is 18.3 Å². The second-order valence-corrected chi connectivity index (χ2v) is 5.17. The van der Waals surface area contributed by atoms with E-state index in [1.165, 1.54) is 0 Å². The molecule has 1 aromatic heterocycles. The topological polar surface area (TPSA) is 41.6 Å². The number of aromatic nitrogens is 2. The number of imidazole rings is 1. The third-order valence-corrected chi connectivity index (χ3v) is 3.54. The zero-order valence-electron chi connectivity index (χ0n) is 10.3. The Morgan fingerprint density at radius 2 is 2.00 bits per heavy atom. The van der Waals surface area contributed by atoms with Crippen LogP contribution in [-0.4, -0.2) is 9.55 Å². The molecule has 0 fully saturated rings. The van der Waals surface area contributed by atoms with Crippen molar-refractivity contribution in [2.75, 3.05) is 0 Å². The SMILES string of the molecule is Cc1nc2ccccc2n1-c1ccc(Br)cc1C#N. The van der Waals surface area contributed by atoms with Gasteiger partial charge in [0, 0.05) is 4.47 Å². The molecule has 4 heteroatoms.